The van der Waals surface area contributed by atoms with Crippen molar-refractivity contribution >= 4 is 16.9 Å². The number of carbonyl (C=O) groups excluding carboxylic acids is 1. The lowest BCUT2D eigenvalue weighted by Crippen LogP contribution is -2.51. The number of aromatic nitrogens is 5. The van der Waals surface area contributed by atoms with E-state index >= 15 is 0 Å². The summed E-state index contributed by atoms with van der Waals surface area (Å²) in [7, 11) is 0. The number of hydrogen-bond acceptors (Lipinski definition) is 4. The van der Waals surface area contributed by atoms with Crippen molar-refractivity contribution in [1.29, 1.82) is 0 Å². The molecule has 0 bridgehead atoms. The van der Waals surface area contributed by atoms with E-state index in [0.29, 0.717) is 28.0 Å². The van der Waals surface area contributed by atoms with Gasteiger partial charge in [-0.3, -0.25) is 14.5 Å². The number of benzene rings is 1. The first kappa shape index (κ1) is 20.9. The molecule has 0 saturated carbocycles. The number of amides is 1. The van der Waals surface area contributed by atoms with Crippen molar-refractivity contribution in [2.75, 3.05) is 13.1 Å². The van der Waals surface area contributed by atoms with Crippen LogP contribution in [0.25, 0.3) is 33.5 Å². The highest BCUT2D eigenvalue weighted by Crippen LogP contribution is 2.37. The smallest absolute Gasteiger partial charge is 0.345 e. The normalized spacial score (nSPS) is 14.5. The van der Waals surface area contributed by atoms with Crippen molar-refractivity contribution in [2.24, 2.45) is 0 Å². The van der Waals surface area contributed by atoms with Gasteiger partial charge in [0.15, 0.2) is 5.83 Å². The molecular formula is C22H16F4N6O. The molecule has 0 radical (unpaired) electrons. The van der Waals surface area contributed by atoms with Crippen LogP contribution in [0, 0.1) is 0 Å². The monoisotopic (exact) mass is 456 g/mol. The number of likely N-dealkylation sites (tertiary alicyclic amines) is 1. The number of nitrogens with one attached hydrogen (secondary N) is 1. The first-order valence-corrected chi connectivity index (χ1v) is 9.91. The van der Waals surface area contributed by atoms with Gasteiger partial charge in [0, 0.05) is 30.4 Å². The fourth-order valence-corrected chi connectivity index (χ4v) is 3.91. The number of halogens is 4. The highest BCUT2D eigenvalue weighted by Gasteiger charge is 2.36. The van der Waals surface area contributed by atoms with Crippen LogP contribution in [0.5, 0.6) is 0 Å². The van der Waals surface area contributed by atoms with Gasteiger partial charge in [0.05, 0.1) is 35.3 Å². The number of fused-ring (bicyclic) bond motifs is 1. The highest BCUT2D eigenvalue weighted by atomic mass is 19.4. The fourth-order valence-electron chi connectivity index (χ4n) is 3.91. The van der Waals surface area contributed by atoms with Gasteiger partial charge in [-0.1, -0.05) is 18.7 Å². The fraction of sp³-hybridized carbons (Fsp3) is 0.182. The summed E-state index contributed by atoms with van der Waals surface area (Å²) in [4.78, 5) is 24.7. The Morgan fingerprint density at radius 2 is 1.88 bits per heavy atom. The molecule has 0 atom stereocenters. The number of imidazole rings is 1. The first-order valence-electron chi connectivity index (χ1n) is 9.91. The Hall–Kier alpha value is -4.02. The SMILES string of the molecule is C=C(F)C(=O)N1CC(n2nc(-c3ccc(C(F)(F)F)cc3)c3nccc(-c4cnc[nH]4)c32)C1. The summed E-state index contributed by atoms with van der Waals surface area (Å²) in [5, 5.41) is 4.67. The summed E-state index contributed by atoms with van der Waals surface area (Å²) >= 11 is 0. The summed E-state index contributed by atoms with van der Waals surface area (Å²) in [6.45, 7) is 3.46. The lowest BCUT2D eigenvalue weighted by Gasteiger charge is -2.39. The number of pyridine rings is 1. The van der Waals surface area contributed by atoms with Gasteiger partial charge in [-0.25, -0.2) is 9.37 Å². The molecule has 5 rings (SSSR count). The molecule has 1 saturated heterocycles. The minimum Gasteiger partial charge on any atom is -0.345 e. The second kappa shape index (κ2) is 7.54. The lowest BCUT2D eigenvalue weighted by atomic mass is 10.1. The van der Waals surface area contributed by atoms with Crippen LogP contribution in [0.3, 0.4) is 0 Å². The number of rotatable bonds is 4. The van der Waals surface area contributed by atoms with Gasteiger partial charge in [-0.15, -0.1) is 0 Å². The van der Waals surface area contributed by atoms with Crippen LogP contribution >= 0.6 is 0 Å². The van der Waals surface area contributed by atoms with E-state index in [1.165, 1.54) is 23.4 Å². The number of hydrogen-bond donors (Lipinski definition) is 1. The van der Waals surface area contributed by atoms with Gasteiger partial charge in [0.2, 0.25) is 0 Å². The zero-order valence-corrected chi connectivity index (χ0v) is 17.0. The Balaban J connectivity index is 1.62. The van der Waals surface area contributed by atoms with Gasteiger partial charge >= 0.3 is 6.18 Å². The van der Waals surface area contributed by atoms with Crippen LogP contribution in [0.15, 0.2) is 61.5 Å². The third-order valence-corrected chi connectivity index (χ3v) is 5.59. The lowest BCUT2D eigenvalue weighted by molar-refractivity contribution is -0.137. The van der Waals surface area contributed by atoms with E-state index < -0.39 is 23.5 Å². The van der Waals surface area contributed by atoms with Crippen LogP contribution in [0.2, 0.25) is 0 Å². The van der Waals surface area contributed by atoms with Crippen molar-refractivity contribution in [1.82, 2.24) is 29.6 Å². The van der Waals surface area contributed by atoms with E-state index in [4.69, 9.17) is 0 Å². The molecule has 0 spiro atoms. The average Bonchev–Trinajstić information content (AvgIpc) is 3.41. The summed E-state index contributed by atoms with van der Waals surface area (Å²) in [5.74, 6) is -1.82. The number of H-pyrrole nitrogens is 1. The largest absolute Gasteiger partial charge is 0.416 e. The molecule has 4 aromatic rings. The predicted octanol–water partition coefficient (Wildman–Crippen LogP) is 4.37. The molecule has 33 heavy (non-hydrogen) atoms. The van der Waals surface area contributed by atoms with Crippen molar-refractivity contribution in [2.45, 2.75) is 12.2 Å². The van der Waals surface area contributed by atoms with Crippen LogP contribution in [-0.4, -0.2) is 48.6 Å². The molecule has 1 amide bonds. The summed E-state index contributed by atoms with van der Waals surface area (Å²) in [6, 6.07) is 6.19. The standard InChI is InChI=1S/C22H16F4N6O/c1-12(23)21(33)31-9-15(10-31)32-20-16(17-8-27-11-29-17)6-7-28-19(20)18(30-32)13-2-4-14(5-3-13)22(24,25)26/h2-8,11,15H,1,9-10H2,(H,27,29). The Labute approximate surface area is 184 Å². The molecule has 7 nitrogen and oxygen atoms in total. The molecule has 0 unspecified atom stereocenters. The van der Waals surface area contributed by atoms with Crippen LogP contribution in [0.4, 0.5) is 17.6 Å². The maximum Gasteiger partial charge on any atom is 0.416 e. The second-order valence-electron chi connectivity index (χ2n) is 7.66. The zero-order chi connectivity index (χ0) is 23.3. The van der Waals surface area contributed by atoms with Crippen LogP contribution < -0.4 is 0 Å². The van der Waals surface area contributed by atoms with Gasteiger partial charge in [0.1, 0.15) is 11.2 Å². The molecule has 168 valence electrons. The summed E-state index contributed by atoms with van der Waals surface area (Å²) in [5.41, 5.74) is 2.66. The highest BCUT2D eigenvalue weighted by molar-refractivity contribution is 5.98. The number of carbonyl (C=O) groups is 1. The summed E-state index contributed by atoms with van der Waals surface area (Å²) < 4.78 is 53.9. The number of alkyl halides is 3. The topological polar surface area (TPSA) is 79.7 Å². The van der Waals surface area contributed by atoms with Crippen LogP contribution in [0.1, 0.15) is 11.6 Å². The third kappa shape index (κ3) is 3.55. The molecular weight excluding hydrogens is 440 g/mol. The van der Waals surface area contributed by atoms with E-state index in [0.717, 1.165) is 17.7 Å². The van der Waals surface area contributed by atoms with E-state index in [1.807, 2.05) is 0 Å². The molecule has 4 heterocycles. The quantitative estimate of drug-likeness (QED) is 0.365. The van der Waals surface area contributed by atoms with Crippen molar-refractivity contribution < 1.29 is 22.4 Å². The van der Waals surface area contributed by atoms with Gasteiger partial charge in [-0.05, 0) is 18.2 Å². The predicted molar refractivity (Wildman–Crippen MR) is 111 cm³/mol. The molecule has 1 aliphatic heterocycles. The average molecular weight is 456 g/mol. The molecule has 11 heteroatoms. The molecule has 1 fully saturated rings. The number of nitrogens with zero attached hydrogens (tertiary/aromatic N) is 5. The van der Waals surface area contributed by atoms with Gasteiger partial charge < -0.3 is 9.88 Å². The molecule has 0 aliphatic carbocycles. The minimum atomic E-state index is -4.45. The van der Waals surface area contributed by atoms with Crippen molar-refractivity contribution in [3.05, 3.63) is 67.0 Å². The first-order chi connectivity index (χ1) is 15.7. The third-order valence-electron chi connectivity index (χ3n) is 5.59. The molecule has 1 aliphatic rings. The number of aromatic amines is 1. The van der Waals surface area contributed by atoms with Crippen LogP contribution in [-0.2, 0) is 11.0 Å². The zero-order valence-electron chi connectivity index (χ0n) is 17.0. The van der Waals surface area contributed by atoms with E-state index in [-0.39, 0.29) is 19.1 Å². The van der Waals surface area contributed by atoms with E-state index in [9.17, 15) is 22.4 Å². The van der Waals surface area contributed by atoms with Crippen molar-refractivity contribution in [3.63, 3.8) is 0 Å². The maximum atomic E-state index is 13.2. The van der Waals surface area contributed by atoms with E-state index in [1.54, 1.807) is 23.1 Å². The molecule has 1 N–H and O–H groups in total. The van der Waals surface area contributed by atoms with Gasteiger partial charge in [0.25, 0.3) is 5.91 Å². The minimum absolute atomic E-state index is 0.211. The molecule has 1 aromatic carbocycles. The Bertz CT molecular complexity index is 1350. The Kier molecular flexibility index (Phi) is 4.76. The Morgan fingerprint density at radius 3 is 2.48 bits per heavy atom. The summed E-state index contributed by atoms with van der Waals surface area (Å²) in [6.07, 6.45) is 0.291. The molecule has 3 aromatic heterocycles. The van der Waals surface area contributed by atoms with Gasteiger partial charge in [-0.2, -0.15) is 18.3 Å². The second-order valence-corrected chi connectivity index (χ2v) is 7.66. The maximum absolute atomic E-state index is 13.2. The van der Waals surface area contributed by atoms with E-state index in [2.05, 4.69) is 26.6 Å². The van der Waals surface area contributed by atoms with Crippen molar-refractivity contribution in [3.8, 4) is 22.5 Å². The Morgan fingerprint density at radius 1 is 1.15 bits per heavy atom.